The number of rotatable bonds is 4. The van der Waals surface area contributed by atoms with Crippen LogP contribution in [0.1, 0.15) is 17.3 Å². The van der Waals surface area contributed by atoms with Crippen LogP contribution in [0.2, 0.25) is 0 Å². The van der Waals surface area contributed by atoms with Crippen LogP contribution in [-0.4, -0.2) is 16.0 Å². The number of hydrogen-bond acceptors (Lipinski definition) is 4. The first-order valence-electron chi connectivity index (χ1n) is 6.16. The van der Waals surface area contributed by atoms with Gasteiger partial charge in [0.05, 0.1) is 10.5 Å². The third-order valence-electron chi connectivity index (χ3n) is 2.88. The number of nitrogens with zero attached hydrogens (tertiary/aromatic N) is 1. The summed E-state index contributed by atoms with van der Waals surface area (Å²) in [7, 11) is 0. The van der Waals surface area contributed by atoms with E-state index in [0.717, 1.165) is 24.3 Å². The van der Waals surface area contributed by atoms with Gasteiger partial charge in [-0.2, -0.15) is 13.2 Å². The van der Waals surface area contributed by atoms with Crippen LogP contribution in [0.4, 0.5) is 23.2 Å². The van der Waals surface area contributed by atoms with Crippen molar-refractivity contribution in [3.63, 3.8) is 0 Å². The summed E-state index contributed by atoms with van der Waals surface area (Å²) >= 11 is 0. The van der Waals surface area contributed by atoms with E-state index < -0.39 is 45.4 Å². The van der Waals surface area contributed by atoms with Crippen LogP contribution in [0, 0.1) is 15.9 Å². The molecule has 0 saturated heterocycles. The van der Waals surface area contributed by atoms with Gasteiger partial charge in [0.15, 0.2) is 11.6 Å². The van der Waals surface area contributed by atoms with Gasteiger partial charge in [-0.25, -0.2) is 9.18 Å². The first-order valence-corrected chi connectivity index (χ1v) is 6.16. The van der Waals surface area contributed by atoms with Gasteiger partial charge in [0, 0.05) is 12.1 Å². The zero-order valence-corrected chi connectivity index (χ0v) is 14.5. The van der Waals surface area contributed by atoms with E-state index in [1.807, 2.05) is 0 Å². The summed E-state index contributed by atoms with van der Waals surface area (Å²) in [5, 5.41) is 19.6. The molecule has 2 aromatic rings. The van der Waals surface area contributed by atoms with Crippen molar-refractivity contribution in [1.82, 2.24) is 0 Å². The van der Waals surface area contributed by atoms with Crippen LogP contribution < -0.4 is 34.3 Å². The number of alkyl halides is 3. The number of aromatic carboxylic acids is 1. The number of carbonyl (C=O) groups is 1. The Hall–Kier alpha value is -2.17. The minimum Gasteiger partial charge on any atom is -1.00 e. The second-order valence-corrected chi connectivity index (χ2v) is 4.49. The molecule has 128 valence electrons. The maximum absolute atomic E-state index is 13.7. The number of ether oxygens (including phenoxy) is 1. The fourth-order valence-corrected chi connectivity index (χ4v) is 1.80. The van der Waals surface area contributed by atoms with Crippen LogP contribution in [-0.2, 0) is 6.18 Å². The molecule has 0 fully saturated rings. The van der Waals surface area contributed by atoms with Crippen molar-refractivity contribution < 1.29 is 68.1 Å². The summed E-state index contributed by atoms with van der Waals surface area (Å²) in [5.74, 6) is -3.80. The van der Waals surface area contributed by atoms with Crippen molar-refractivity contribution in [2.75, 3.05) is 0 Å². The molecular weight excluding hydrogens is 361 g/mol. The number of benzene rings is 2. The molecule has 0 bridgehead atoms. The van der Waals surface area contributed by atoms with Gasteiger partial charge in [-0.3, -0.25) is 10.1 Å². The summed E-state index contributed by atoms with van der Waals surface area (Å²) < 4.78 is 56.0. The Morgan fingerprint density at radius 1 is 1.20 bits per heavy atom. The Balaban J connectivity index is 0.00000312. The molecule has 0 heterocycles. The van der Waals surface area contributed by atoms with Crippen molar-refractivity contribution in [3.8, 4) is 11.5 Å². The largest absolute Gasteiger partial charge is 1.00 e. The van der Waals surface area contributed by atoms with E-state index >= 15 is 0 Å². The molecule has 0 unspecified atom stereocenters. The standard InChI is InChI=1S/C14H7F4NO5.Na.H/c15-10-5-7(14(16,17)18)1-4-12(10)24-8-2-3-11(19(22)23)9(6-8)13(20)21;;/h1-6H,(H,20,21);;/q;+1;-1. The van der Waals surface area contributed by atoms with Crippen molar-refractivity contribution in [2.24, 2.45) is 0 Å². The first-order chi connectivity index (χ1) is 11.1. The van der Waals surface area contributed by atoms with Gasteiger partial charge in [-0.1, -0.05) is 0 Å². The van der Waals surface area contributed by atoms with Gasteiger partial charge in [0.25, 0.3) is 5.69 Å². The normalized spacial score (nSPS) is 10.7. The summed E-state index contributed by atoms with van der Waals surface area (Å²) in [6.07, 6.45) is -4.73. The van der Waals surface area contributed by atoms with Gasteiger partial charge >= 0.3 is 41.7 Å². The van der Waals surface area contributed by atoms with Crippen LogP contribution in [0.15, 0.2) is 36.4 Å². The van der Waals surface area contributed by atoms with Crippen LogP contribution in [0.5, 0.6) is 11.5 Å². The molecule has 6 nitrogen and oxygen atoms in total. The zero-order chi connectivity index (χ0) is 18.1. The predicted molar refractivity (Wildman–Crippen MR) is 72.6 cm³/mol. The number of nitro groups is 1. The number of carboxylic acids is 1. The van der Waals surface area contributed by atoms with Gasteiger partial charge in [-0.05, 0) is 24.3 Å². The molecule has 0 aliphatic rings. The van der Waals surface area contributed by atoms with Gasteiger partial charge in [0.2, 0.25) is 0 Å². The average Bonchev–Trinajstić information content (AvgIpc) is 2.47. The third kappa shape index (κ3) is 4.91. The molecule has 0 aliphatic heterocycles. The average molecular weight is 369 g/mol. The van der Waals surface area contributed by atoms with Crippen LogP contribution >= 0.6 is 0 Å². The minimum atomic E-state index is -4.73. The van der Waals surface area contributed by atoms with E-state index in [4.69, 9.17) is 9.84 Å². The zero-order valence-electron chi connectivity index (χ0n) is 13.5. The minimum absolute atomic E-state index is 0. The van der Waals surface area contributed by atoms with Crippen molar-refractivity contribution in [2.45, 2.75) is 6.18 Å². The molecule has 11 heteroatoms. The molecule has 0 spiro atoms. The monoisotopic (exact) mass is 369 g/mol. The van der Waals surface area contributed by atoms with Gasteiger partial charge in [0.1, 0.15) is 11.3 Å². The number of halogens is 4. The topological polar surface area (TPSA) is 89.7 Å². The molecule has 1 N–H and O–H groups in total. The van der Waals surface area contributed by atoms with E-state index in [9.17, 15) is 32.5 Å². The number of nitro benzene ring substituents is 1. The molecule has 2 aromatic carbocycles. The van der Waals surface area contributed by atoms with Crippen LogP contribution in [0.3, 0.4) is 0 Å². The maximum Gasteiger partial charge on any atom is 1.00 e. The second kappa shape index (κ2) is 7.81. The summed E-state index contributed by atoms with van der Waals surface area (Å²) in [4.78, 5) is 20.8. The maximum atomic E-state index is 13.7. The third-order valence-corrected chi connectivity index (χ3v) is 2.88. The smallest absolute Gasteiger partial charge is 1.00 e. The van der Waals surface area contributed by atoms with Crippen LogP contribution in [0.25, 0.3) is 0 Å². The SMILES string of the molecule is O=C(O)c1cc(Oc2ccc(C(F)(F)F)cc2F)ccc1[N+](=O)[O-].[H-].[Na+]. The Morgan fingerprint density at radius 3 is 2.32 bits per heavy atom. The molecule has 0 aliphatic carbocycles. The van der Waals surface area contributed by atoms with E-state index in [2.05, 4.69) is 0 Å². The van der Waals surface area contributed by atoms with Crippen molar-refractivity contribution in [3.05, 3.63) is 63.5 Å². The number of carboxylic acid groups (broad SMARTS) is 1. The molecule has 0 atom stereocenters. The predicted octanol–water partition coefficient (Wildman–Crippen LogP) is 1.36. The Kier molecular flexibility index (Phi) is 6.52. The summed E-state index contributed by atoms with van der Waals surface area (Å²) in [5.41, 5.74) is -2.63. The Labute approximate surface area is 161 Å². The molecule has 2 rings (SSSR count). The molecule has 0 saturated carbocycles. The molecule has 0 aromatic heterocycles. The van der Waals surface area contributed by atoms with E-state index in [1.54, 1.807) is 0 Å². The Morgan fingerprint density at radius 2 is 1.84 bits per heavy atom. The molecule has 0 amide bonds. The second-order valence-electron chi connectivity index (χ2n) is 4.49. The van der Waals surface area contributed by atoms with Crippen molar-refractivity contribution >= 4 is 11.7 Å². The quantitative estimate of drug-likeness (QED) is 0.381. The molecule has 25 heavy (non-hydrogen) atoms. The fraction of sp³-hybridized carbons (Fsp3) is 0.0714. The number of hydrogen-bond donors (Lipinski definition) is 1. The van der Waals surface area contributed by atoms with Crippen molar-refractivity contribution in [1.29, 1.82) is 0 Å². The van der Waals surface area contributed by atoms with E-state index in [-0.39, 0.29) is 42.8 Å². The Bertz CT molecular complexity index is 831. The van der Waals surface area contributed by atoms with Gasteiger partial charge < -0.3 is 11.3 Å². The molecule has 0 radical (unpaired) electrons. The molecular formula is C14H8F4NNaO5. The van der Waals surface area contributed by atoms with E-state index in [1.165, 1.54) is 0 Å². The fourth-order valence-electron chi connectivity index (χ4n) is 1.80. The van der Waals surface area contributed by atoms with E-state index in [0.29, 0.717) is 6.07 Å². The summed E-state index contributed by atoms with van der Waals surface area (Å²) in [6, 6.07) is 4.14. The first kappa shape index (κ1) is 20.9. The summed E-state index contributed by atoms with van der Waals surface area (Å²) in [6.45, 7) is 0. The van der Waals surface area contributed by atoms with Gasteiger partial charge in [-0.15, -0.1) is 0 Å².